The van der Waals surface area contributed by atoms with Crippen molar-refractivity contribution in [3.8, 4) is 0 Å². The molecule has 0 N–H and O–H groups in total. The van der Waals surface area contributed by atoms with Crippen molar-refractivity contribution in [1.82, 2.24) is 0 Å². The summed E-state index contributed by atoms with van der Waals surface area (Å²) in [6.07, 6.45) is 0. The van der Waals surface area contributed by atoms with E-state index >= 15 is 0 Å². The molecule has 1 aromatic carbocycles. The lowest BCUT2D eigenvalue weighted by Gasteiger charge is -2.28. The first-order chi connectivity index (χ1) is 8.58. The number of sulfone groups is 1. The molecule has 2 nitrogen and oxygen atoms in total. The average Bonchev–Trinajstić information content (AvgIpc) is 2.28. The van der Waals surface area contributed by atoms with Crippen LogP contribution < -0.4 is 0 Å². The first-order valence-electron chi connectivity index (χ1n) is 5.81. The van der Waals surface area contributed by atoms with E-state index in [4.69, 9.17) is 0 Å². The molecule has 0 saturated carbocycles. The summed E-state index contributed by atoms with van der Waals surface area (Å²) >= 11 is 3.30. The van der Waals surface area contributed by atoms with E-state index < -0.39 is 21.5 Å². The van der Waals surface area contributed by atoms with Gasteiger partial charge >= 0.3 is 0 Å². The zero-order valence-corrected chi connectivity index (χ0v) is 13.5. The van der Waals surface area contributed by atoms with Gasteiger partial charge in [-0.3, -0.25) is 0 Å². The SMILES string of the molecule is CC(C)(C)C(CBr)CS(=O)(=O)c1ccc(F)c(F)c1. The van der Waals surface area contributed by atoms with Gasteiger partial charge in [0.15, 0.2) is 21.5 Å². The second-order valence-electron chi connectivity index (χ2n) is 5.57. The van der Waals surface area contributed by atoms with Crippen molar-refractivity contribution >= 4 is 25.8 Å². The fourth-order valence-electron chi connectivity index (χ4n) is 1.56. The van der Waals surface area contributed by atoms with Crippen molar-refractivity contribution in [2.45, 2.75) is 25.7 Å². The van der Waals surface area contributed by atoms with E-state index in [0.29, 0.717) is 5.33 Å². The summed E-state index contributed by atoms with van der Waals surface area (Å²) in [4.78, 5) is -0.179. The summed E-state index contributed by atoms with van der Waals surface area (Å²) in [5, 5.41) is 0.527. The topological polar surface area (TPSA) is 34.1 Å². The van der Waals surface area contributed by atoms with Crippen LogP contribution >= 0.6 is 15.9 Å². The van der Waals surface area contributed by atoms with Crippen LogP contribution in [0.5, 0.6) is 0 Å². The number of hydrogen-bond acceptors (Lipinski definition) is 2. The molecule has 6 heteroatoms. The molecule has 1 atom stereocenters. The van der Waals surface area contributed by atoms with Gasteiger partial charge < -0.3 is 0 Å². The van der Waals surface area contributed by atoms with Crippen molar-refractivity contribution in [1.29, 1.82) is 0 Å². The molecule has 0 saturated heterocycles. The van der Waals surface area contributed by atoms with Crippen molar-refractivity contribution in [2.24, 2.45) is 11.3 Å². The molecule has 0 aliphatic heterocycles. The van der Waals surface area contributed by atoms with Crippen molar-refractivity contribution in [3.05, 3.63) is 29.8 Å². The van der Waals surface area contributed by atoms with Crippen molar-refractivity contribution < 1.29 is 17.2 Å². The monoisotopic (exact) mass is 354 g/mol. The third kappa shape index (κ3) is 4.24. The van der Waals surface area contributed by atoms with Crippen LogP contribution in [0, 0.1) is 23.0 Å². The van der Waals surface area contributed by atoms with Gasteiger partial charge in [-0.05, 0) is 29.5 Å². The highest BCUT2D eigenvalue weighted by molar-refractivity contribution is 9.09. The van der Waals surface area contributed by atoms with Gasteiger partial charge in [0.05, 0.1) is 10.6 Å². The highest BCUT2D eigenvalue weighted by Gasteiger charge is 2.30. The number of hydrogen-bond donors (Lipinski definition) is 0. The molecule has 1 rings (SSSR count). The third-order valence-corrected chi connectivity index (χ3v) is 5.68. The Morgan fingerprint density at radius 1 is 1.21 bits per heavy atom. The number of alkyl halides is 1. The van der Waals surface area contributed by atoms with Crippen LogP contribution in [0.15, 0.2) is 23.1 Å². The van der Waals surface area contributed by atoms with E-state index in [1.807, 2.05) is 20.8 Å². The minimum Gasteiger partial charge on any atom is -0.224 e. The molecule has 0 aliphatic rings. The van der Waals surface area contributed by atoms with Crippen LogP contribution in [0.1, 0.15) is 20.8 Å². The smallest absolute Gasteiger partial charge is 0.178 e. The molecule has 0 amide bonds. The van der Waals surface area contributed by atoms with Gasteiger partial charge in [0.1, 0.15) is 0 Å². The first kappa shape index (κ1) is 16.6. The summed E-state index contributed by atoms with van der Waals surface area (Å²) in [7, 11) is -3.63. The lowest BCUT2D eigenvalue weighted by molar-refractivity contribution is 0.291. The molecule has 1 aromatic rings. The predicted molar refractivity (Wildman–Crippen MR) is 75.1 cm³/mol. The second-order valence-corrected chi connectivity index (χ2v) is 8.26. The van der Waals surface area contributed by atoms with E-state index in [0.717, 1.165) is 18.2 Å². The quantitative estimate of drug-likeness (QED) is 0.608. The predicted octanol–water partition coefficient (Wildman–Crippen LogP) is 3.80. The molecule has 0 aliphatic carbocycles. The average molecular weight is 355 g/mol. The third-order valence-electron chi connectivity index (χ3n) is 3.08. The Bertz CT molecular complexity index is 550. The summed E-state index contributed by atoms with van der Waals surface area (Å²) in [5.41, 5.74) is -0.199. The second kappa shape index (κ2) is 5.87. The van der Waals surface area contributed by atoms with Crippen LogP contribution in [-0.4, -0.2) is 19.5 Å². The Morgan fingerprint density at radius 2 is 1.79 bits per heavy atom. The molecule has 0 fully saturated rings. The summed E-state index contributed by atoms with van der Waals surface area (Å²) in [5.74, 6) is -2.42. The van der Waals surface area contributed by atoms with Gasteiger partial charge in [-0.25, -0.2) is 17.2 Å². The van der Waals surface area contributed by atoms with Gasteiger partial charge in [-0.15, -0.1) is 0 Å². The Kier molecular flexibility index (Phi) is 5.12. The fourth-order valence-corrected chi connectivity index (χ4v) is 4.96. The highest BCUT2D eigenvalue weighted by atomic mass is 79.9. The molecule has 1 unspecified atom stereocenters. The minimum absolute atomic E-state index is 0.104. The molecular formula is C13H17BrF2O2S. The Labute approximate surface area is 121 Å². The zero-order chi connectivity index (χ0) is 14.8. The van der Waals surface area contributed by atoms with E-state index in [1.165, 1.54) is 0 Å². The summed E-state index contributed by atoms with van der Waals surface area (Å²) < 4.78 is 50.3. The number of benzene rings is 1. The minimum atomic E-state index is -3.63. The normalized spacial score (nSPS) is 14.4. The highest BCUT2D eigenvalue weighted by Crippen LogP contribution is 2.30. The molecule has 0 bridgehead atoms. The standard InChI is InChI=1S/C13H17BrF2O2S/c1-13(2,3)9(7-14)8-19(17,18)10-4-5-11(15)12(16)6-10/h4-6,9H,7-8H2,1-3H3. The lowest BCUT2D eigenvalue weighted by atomic mass is 9.83. The van der Waals surface area contributed by atoms with Crippen LogP contribution in [0.25, 0.3) is 0 Å². The molecular weight excluding hydrogens is 338 g/mol. The van der Waals surface area contributed by atoms with E-state index in [-0.39, 0.29) is 22.0 Å². The summed E-state index contributed by atoms with van der Waals surface area (Å²) in [6.45, 7) is 5.83. The maximum absolute atomic E-state index is 13.1. The first-order valence-corrected chi connectivity index (χ1v) is 8.59. The van der Waals surface area contributed by atoms with Gasteiger partial charge in [-0.2, -0.15) is 0 Å². The van der Waals surface area contributed by atoms with Crippen molar-refractivity contribution in [2.75, 3.05) is 11.1 Å². The molecule has 0 heterocycles. The maximum atomic E-state index is 13.1. The van der Waals surface area contributed by atoms with Crippen molar-refractivity contribution in [3.63, 3.8) is 0 Å². The number of rotatable bonds is 4. The molecule has 19 heavy (non-hydrogen) atoms. The van der Waals surface area contributed by atoms with E-state index in [2.05, 4.69) is 15.9 Å². The van der Waals surface area contributed by atoms with Gasteiger partial charge in [0.25, 0.3) is 0 Å². The van der Waals surface area contributed by atoms with Crippen LogP contribution in [0.4, 0.5) is 8.78 Å². The summed E-state index contributed by atoms with van der Waals surface area (Å²) in [6, 6.07) is 2.67. The zero-order valence-electron chi connectivity index (χ0n) is 11.1. The maximum Gasteiger partial charge on any atom is 0.178 e. The number of halogens is 3. The van der Waals surface area contributed by atoms with E-state index in [1.54, 1.807) is 0 Å². The molecule has 0 radical (unpaired) electrons. The molecule has 108 valence electrons. The fraction of sp³-hybridized carbons (Fsp3) is 0.538. The largest absolute Gasteiger partial charge is 0.224 e. The van der Waals surface area contributed by atoms with Crippen LogP contribution in [0.2, 0.25) is 0 Å². The van der Waals surface area contributed by atoms with Crippen LogP contribution in [-0.2, 0) is 9.84 Å². The van der Waals surface area contributed by atoms with Crippen LogP contribution in [0.3, 0.4) is 0 Å². The molecule has 0 aromatic heterocycles. The Balaban J connectivity index is 3.07. The Morgan fingerprint density at radius 3 is 2.21 bits per heavy atom. The van der Waals surface area contributed by atoms with E-state index in [9.17, 15) is 17.2 Å². The van der Waals surface area contributed by atoms with Gasteiger partial charge in [0, 0.05) is 5.33 Å². The van der Waals surface area contributed by atoms with Gasteiger partial charge in [0.2, 0.25) is 0 Å². The van der Waals surface area contributed by atoms with Gasteiger partial charge in [-0.1, -0.05) is 36.7 Å². The lowest BCUT2D eigenvalue weighted by Crippen LogP contribution is -2.29. The Hall–Kier alpha value is -0.490. The molecule has 0 spiro atoms.